The summed E-state index contributed by atoms with van der Waals surface area (Å²) in [7, 11) is 0. The Hall–Kier alpha value is -4.83. The second-order valence-corrected chi connectivity index (χ2v) is 11.9. The van der Waals surface area contributed by atoms with Crippen LogP contribution in [0.5, 0.6) is 0 Å². The lowest BCUT2D eigenvalue weighted by atomic mass is 10.00. The van der Waals surface area contributed by atoms with Gasteiger partial charge in [-0.05, 0) is 74.7 Å². The van der Waals surface area contributed by atoms with Gasteiger partial charge in [-0.3, -0.25) is 14.0 Å². The smallest absolute Gasteiger partial charge is 0.265 e. The van der Waals surface area contributed by atoms with Crippen molar-refractivity contribution in [2.75, 3.05) is 5.73 Å². The van der Waals surface area contributed by atoms with Crippen LogP contribution in [0.3, 0.4) is 0 Å². The van der Waals surface area contributed by atoms with Crippen molar-refractivity contribution in [1.82, 2.24) is 29.3 Å². The number of aliphatic hydroxyl groups excluding tert-OH is 1. The van der Waals surface area contributed by atoms with Crippen molar-refractivity contribution in [3.8, 4) is 28.2 Å². The van der Waals surface area contributed by atoms with E-state index in [0.29, 0.717) is 44.8 Å². The standard InChI is InChI=1S/C32H30FN7O2/c1-32(2,3)40-15-20(14-35-40)25-13-22-28(37-31(34)38-29(22)36-25)21-5-4-6-26(23(21)16-41)39-10-9-18-11-19(17-7-8-17)12-24(33)27(18)30(39)42/h4-6,9-15,17,41H,7-8,16H2,1-3H3,(H3,34,36,37,38). The summed E-state index contributed by atoms with van der Waals surface area (Å²) in [6, 6.07) is 12.4. The van der Waals surface area contributed by atoms with Crippen LogP contribution in [0.2, 0.25) is 0 Å². The van der Waals surface area contributed by atoms with E-state index in [4.69, 9.17) is 5.73 Å². The first-order chi connectivity index (χ1) is 20.1. The highest BCUT2D eigenvalue weighted by atomic mass is 19.1. The fraction of sp³-hybridized carbons (Fsp3) is 0.250. The first-order valence-electron chi connectivity index (χ1n) is 13.9. The SMILES string of the molecule is CC(C)(C)n1cc(-c2cc3c(-c4cccc(-n5ccc6cc(C7CC7)cc(F)c6c5=O)c4CO)nc(N)nc3[nH]2)cn1. The molecule has 7 rings (SSSR count). The molecule has 9 nitrogen and oxygen atoms in total. The van der Waals surface area contributed by atoms with E-state index in [1.807, 2.05) is 29.1 Å². The average Bonchev–Trinajstić information content (AvgIpc) is 3.51. The molecule has 0 unspecified atom stereocenters. The van der Waals surface area contributed by atoms with Crippen LogP contribution in [0.25, 0.3) is 50.0 Å². The lowest BCUT2D eigenvalue weighted by Gasteiger charge is -2.18. The zero-order valence-electron chi connectivity index (χ0n) is 23.5. The number of aliphatic hydroxyl groups is 1. The summed E-state index contributed by atoms with van der Waals surface area (Å²) < 4.78 is 18.5. The van der Waals surface area contributed by atoms with E-state index in [1.165, 1.54) is 10.6 Å². The molecule has 1 aliphatic carbocycles. The average molecular weight is 564 g/mol. The summed E-state index contributed by atoms with van der Waals surface area (Å²) in [5.74, 6) is -0.109. The third-order valence-electron chi connectivity index (χ3n) is 7.94. The number of hydrogen-bond acceptors (Lipinski definition) is 6. The number of benzene rings is 2. The summed E-state index contributed by atoms with van der Waals surface area (Å²) >= 11 is 0. The highest BCUT2D eigenvalue weighted by molar-refractivity contribution is 5.96. The maximum atomic E-state index is 15.2. The molecule has 1 aliphatic rings. The number of aromatic amines is 1. The fourth-order valence-electron chi connectivity index (χ4n) is 5.60. The van der Waals surface area contributed by atoms with Crippen molar-refractivity contribution in [3.05, 3.63) is 88.4 Å². The lowest BCUT2D eigenvalue weighted by Crippen LogP contribution is -2.21. The summed E-state index contributed by atoms with van der Waals surface area (Å²) in [6.07, 6.45) is 7.45. The van der Waals surface area contributed by atoms with Crippen LogP contribution in [-0.4, -0.2) is 34.4 Å². The Kier molecular flexibility index (Phi) is 5.81. The molecule has 4 aromatic heterocycles. The van der Waals surface area contributed by atoms with E-state index < -0.39 is 11.4 Å². The molecule has 1 saturated carbocycles. The van der Waals surface area contributed by atoms with Crippen molar-refractivity contribution in [3.63, 3.8) is 0 Å². The topological polar surface area (TPSA) is 128 Å². The van der Waals surface area contributed by atoms with E-state index in [9.17, 15) is 9.90 Å². The van der Waals surface area contributed by atoms with Crippen molar-refractivity contribution in [2.24, 2.45) is 0 Å². The molecule has 6 aromatic rings. The first-order valence-corrected chi connectivity index (χ1v) is 13.9. The normalized spacial score (nSPS) is 13.8. The van der Waals surface area contributed by atoms with E-state index >= 15 is 4.39 Å². The number of anilines is 1. The Morgan fingerprint density at radius 1 is 1.14 bits per heavy atom. The van der Waals surface area contributed by atoms with Gasteiger partial charge < -0.3 is 15.8 Å². The van der Waals surface area contributed by atoms with E-state index in [0.717, 1.165) is 29.7 Å². The minimum Gasteiger partial charge on any atom is -0.392 e. The number of hydrogen-bond donors (Lipinski definition) is 3. The highest BCUT2D eigenvalue weighted by Gasteiger charge is 2.26. The van der Waals surface area contributed by atoms with Crippen LogP contribution in [0.1, 0.15) is 50.7 Å². The molecule has 0 atom stereocenters. The number of nitrogens with two attached hydrogens (primary N) is 1. The first kappa shape index (κ1) is 26.1. The van der Waals surface area contributed by atoms with Crippen LogP contribution in [0.15, 0.2) is 65.8 Å². The molecule has 42 heavy (non-hydrogen) atoms. The maximum Gasteiger partial charge on any atom is 0.265 e. The number of nitrogen functional groups attached to an aromatic ring is 1. The van der Waals surface area contributed by atoms with Gasteiger partial charge >= 0.3 is 0 Å². The Morgan fingerprint density at radius 2 is 1.95 bits per heavy atom. The molecule has 10 heteroatoms. The molecular weight excluding hydrogens is 533 g/mol. The van der Waals surface area contributed by atoms with Crippen molar-refractivity contribution >= 4 is 27.8 Å². The predicted octanol–water partition coefficient (Wildman–Crippen LogP) is 5.64. The zero-order chi connectivity index (χ0) is 29.3. The molecule has 0 bridgehead atoms. The quantitative estimate of drug-likeness (QED) is 0.249. The number of H-pyrrole nitrogens is 1. The maximum absolute atomic E-state index is 15.2. The van der Waals surface area contributed by atoms with Crippen molar-refractivity contribution in [2.45, 2.75) is 51.7 Å². The zero-order valence-corrected chi connectivity index (χ0v) is 23.5. The molecule has 0 radical (unpaired) electrons. The van der Waals surface area contributed by atoms with Crippen molar-refractivity contribution in [1.29, 1.82) is 0 Å². The van der Waals surface area contributed by atoms with Gasteiger partial charge in [-0.25, -0.2) is 9.37 Å². The van der Waals surface area contributed by atoms with Crippen LogP contribution >= 0.6 is 0 Å². The predicted molar refractivity (Wildman–Crippen MR) is 161 cm³/mol. The van der Waals surface area contributed by atoms with Gasteiger partial charge in [0, 0.05) is 34.5 Å². The molecule has 2 aromatic carbocycles. The van der Waals surface area contributed by atoms with Gasteiger partial charge in [0.15, 0.2) is 0 Å². The fourth-order valence-corrected chi connectivity index (χ4v) is 5.60. The van der Waals surface area contributed by atoms with Gasteiger partial charge in [-0.15, -0.1) is 0 Å². The van der Waals surface area contributed by atoms with Gasteiger partial charge in [-0.2, -0.15) is 10.1 Å². The third-order valence-corrected chi connectivity index (χ3v) is 7.94. The van der Waals surface area contributed by atoms with E-state index in [-0.39, 0.29) is 23.5 Å². The highest BCUT2D eigenvalue weighted by Crippen LogP contribution is 2.41. The number of nitrogens with zero attached hydrogens (tertiary/aromatic N) is 5. The van der Waals surface area contributed by atoms with E-state index in [2.05, 4.69) is 40.8 Å². The molecule has 4 N–H and O–H groups in total. The van der Waals surface area contributed by atoms with Crippen molar-refractivity contribution < 1.29 is 9.50 Å². The van der Waals surface area contributed by atoms with Gasteiger partial charge in [0.2, 0.25) is 5.95 Å². The minimum absolute atomic E-state index is 0.0240. The Morgan fingerprint density at radius 3 is 2.67 bits per heavy atom. The van der Waals surface area contributed by atoms with Gasteiger partial charge in [-0.1, -0.05) is 18.2 Å². The molecule has 4 heterocycles. The molecule has 1 fully saturated rings. The lowest BCUT2D eigenvalue weighted by molar-refractivity contribution is 0.282. The van der Waals surface area contributed by atoms with Crippen LogP contribution in [0, 0.1) is 5.82 Å². The number of aromatic nitrogens is 6. The number of pyridine rings is 1. The number of nitrogens with one attached hydrogen (secondary N) is 1. The third kappa shape index (κ3) is 4.26. The van der Waals surface area contributed by atoms with Crippen LogP contribution in [-0.2, 0) is 12.1 Å². The second-order valence-electron chi connectivity index (χ2n) is 11.9. The largest absolute Gasteiger partial charge is 0.392 e. The molecule has 0 aliphatic heterocycles. The number of halogens is 1. The Balaban J connectivity index is 1.38. The summed E-state index contributed by atoms with van der Waals surface area (Å²) in [4.78, 5) is 25.9. The summed E-state index contributed by atoms with van der Waals surface area (Å²) in [5, 5.41) is 16.4. The molecule has 0 saturated heterocycles. The van der Waals surface area contributed by atoms with E-state index in [1.54, 1.807) is 30.6 Å². The van der Waals surface area contributed by atoms with Crippen LogP contribution < -0.4 is 11.3 Å². The van der Waals surface area contributed by atoms with Gasteiger partial charge in [0.25, 0.3) is 5.56 Å². The molecule has 0 amide bonds. The molecule has 212 valence electrons. The van der Waals surface area contributed by atoms with Gasteiger partial charge in [0.05, 0.1) is 40.8 Å². The van der Waals surface area contributed by atoms with Gasteiger partial charge in [0.1, 0.15) is 11.5 Å². The monoisotopic (exact) mass is 563 g/mol. The summed E-state index contributed by atoms with van der Waals surface area (Å²) in [6.45, 7) is 5.83. The van der Waals surface area contributed by atoms with Crippen LogP contribution in [0.4, 0.5) is 10.3 Å². The number of rotatable bonds is 5. The second kappa shape index (κ2) is 9.35. The Bertz CT molecular complexity index is 2080. The minimum atomic E-state index is -0.532. The molecular formula is C32H30FN7O2. The summed E-state index contributed by atoms with van der Waals surface area (Å²) in [5.41, 5.74) is 10.6. The number of fused-ring (bicyclic) bond motifs is 2. The molecule has 0 spiro atoms. The Labute approximate surface area is 240 Å².